The molecule has 204 valence electrons. The van der Waals surface area contributed by atoms with E-state index in [0.29, 0.717) is 43.5 Å². The molecule has 13 heteroatoms. The third kappa shape index (κ3) is 5.52. The lowest BCUT2D eigenvalue weighted by molar-refractivity contribution is -0.0234. The van der Waals surface area contributed by atoms with Gasteiger partial charge in [-0.1, -0.05) is 11.6 Å². The molecule has 2 saturated heterocycles. The van der Waals surface area contributed by atoms with Crippen LogP contribution in [0.4, 0.5) is 15.8 Å². The summed E-state index contributed by atoms with van der Waals surface area (Å²) in [5, 5.41) is 16.2. The smallest absolute Gasteiger partial charge is 0.304 e. The van der Waals surface area contributed by atoms with Gasteiger partial charge in [-0.25, -0.2) is 9.07 Å². The molecule has 1 aromatic heterocycles. The molecule has 0 amide bonds. The van der Waals surface area contributed by atoms with Crippen molar-refractivity contribution in [1.82, 2.24) is 14.1 Å². The summed E-state index contributed by atoms with van der Waals surface area (Å²) in [7, 11) is -3.79. The van der Waals surface area contributed by atoms with E-state index in [1.54, 1.807) is 24.3 Å². The van der Waals surface area contributed by atoms with E-state index in [1.807, 2.05) is 6.07 Å². The molecule has 1 saturated carbocycles. The zero-order valence-corrected chi connectivity index (χ0v) is 22.4. The number of nitrogens with zero attached hydrogens (tertiary/aromatic N) is 5. The van der Waals surface area contributed by atoms with Gasteiger partial charge in [-0.2, -0.15) is 23.1 Å². The van der Waals surface area contributed by atoms with Crippen LogP contribution in [-0.2, 0) is 14.9 Å². The molecule has 10 nitrogen and oxygen atoms in total. The minimum atomic E-state index is -3.79. The number of hydrogen-bond donors (Lipinski definition) is 1. The summed E-state index contributed by atoms with van der Waals surface area (Å²) in [6.45, 7) is 0.946. The van der Waals surface area contributed by atoms with Gasteiger partial charge in [0.05, 0.1) is 48.4 Å². The molecule has 0 spiro atoms. The Morgan fingerprint density at radius 3 is 2.55 bits per heavy atom. The lowest BCUT2D eigenvalue weighted by Gasteiger charge is -2.36. The third-order valence-electron chi connectivity index (χ3n) is 7.29. The van der Waals surface area contributed by atoms with Crippen LogP contribution in [0.15, 0.2) is 35.3 Å². The van der Waals surface area contributed by atoms with Crippen LogP contribution >= 0.6 is 11.6 Å². The molecule has 5 rings (SSSR count). The van der Waals surface area contributed by atoms with Crippen LogP contribution < -0.4 is 15.2 Å². The number of halogens is 2. The van der Waals surface area contributed by atoms with Crippen molar-refractivity contribution in [2.24, 2.45) is 0 Å². The van der Waals surface area contributed by atoms with Gasteiger partial charge in [0.25, 0.3) is 5.56 Å². The van der Waals surface area contributed by atoms with E-state index in [4.69, 9.17) is 21.6 Å². The summed E-state index contributed by atoms with van der Waals surface area (Å²) in [6.07, 6.45) is 4.77. The van der Waals surface area contributed by atoms with E-state index < -0.39 is 21.4 Å². The predicted octanol–water partition coefficient (Wildman–Crippen LogP) is 3.25. The zero-order valence-electron chi connectivity index (χ0n) is 20.9. The Kier molecular flexibility index (Phi) is 7.64. The van der Waals surface area contributed by atoms with Gasteiger partial charge in [0, 0.05) is 25.7 Å². The first kappa shape index (κ1) is 26.9. The number of piperidine rings is 1. The Hall–Kier alpha value is -2.72. The topological polar surface area (TPSA) is 121 Å². The highest BCUT2D eigenvalue weighted by molar-refractivity contribution is 7.90. The average molecular weight is 565 g/mol. The standard InChI is InChI=1S/C25H30ClFN6O4S/c26-23-22(29-16-25(27)10-1-13-37-17-25)15-30-32(24(23)34)19-8-11-31(12-9-19)38(35,36)33(21-6-7-21)20-4-2-18(14-28)3-5-20/h2-5,15,19,21,29H,1,6-13,16-17H2/t25-/m1/s1. The SMILES string of the molecule is N#Cc1ccc(N(C2CC2)S(=O)(=O)N2CCC(n3ncc(NC[C@]4(F)CCCOC4)c(Cl)c3=O)CC2)cc1. The first-order valence-corrected chi connectivity index (χ1v) is 14.6. The van der Waals surface area contributed by atoms with E-state index in [9.17, 15) is 17.6 Å². The highest BCUT2D eigenvalue weighted by Gasteiger charge is 2.42. The second-order valence-corrected chi connectivity index (χ2v) is 12.3. The molecule has 38 heavy (non-hydrogen) atoms. The molecule has 3 heterocycles. The number of benzene rings is 1. The summed E-state index contributed by atoms with van der Waals surface area (Å²) in [5.74, 6) is 0. The van der Waals surface area contributed by atoms with Gasteiger partial charge in [-0.05, 0) is 62.8 Å². The maximum atomic E-state index is 14.8. The highest BCUT2D eigenvalue weighted by atomic mass is 35.5. The molecule has 1 aromatic carbocycles. The van der Waals surface area contributed by atoms with E-state index in [1.165, 1.54) is 19.5 Å². The summed E-state index contributed by atoms with van der Waals surface area (Å²) in [6, 6.07) is 8.18. The molecule has 0 unspecified atom stereocenters. The molecule has 0 radical (unpaired) electrons. The van der Waals surface area contributed by atoms with E-state index in [2.05, 4.69) is 10.4 Å². The largest absolute Gasteiger partial charge is 0.379 e. The number of nitriles is 1. The number of nitrogens with one attached hydrogen (secondary N) is 1. The third-order valence-corrected chi connectivity index (χ3v) is 9.68. The molecular formula is C25H30ClFN6O4S. The maximum absolute atomic E-state index is 14.8. The van der Waals surface area contributed by atoms with Crippen LogP contribution in [0.1, 0.15) is 50.1 Å². The highest BCUT2D eigenvalue weighted by Crippen LogP contribution is 2.37. The second-order valence-electron chi connectivity index (χ2n) is 10.1. The van der Waals surface area contributed by atoms with Gasteiger partial charge in [-0.15, -0.1) is 0 Å². The van der Waals surface area contributed by atoms with Crippen LogP contribution in [0.5, 0.6) is 0 Å². The van der Waals surface area contributed by atoms with E-state index >= 15 is 0 Å². The van der Waals surface area contributed by atoms with Gasteiger partial charge < -0.3 is 10.1 Å². The Labute approximate surface area is 226 Å². The normalized spacial score (nSPS) is 23.1. The fraction of sp³-hybridized carbons (Fsp3) is 0.560. The van der Waals surface area contributed by atoms with Gasteiger partial charge in [0.2, 0.25) is 0 Å². The van der Waals surface area contributed by atoms with Crippen molar-refractivity contribution in [3.05, 3.63) is 51.4 Å². The van der Waals surface area contributed by atoms with Gasteiger partial charge in [-0.3, -0.25) is 9.10 Å². The number of anilines is 2. The fourth-order valence-electron chi connectivity index (χ4n) is 5.01. The van der Waals surface area contributed by atoms with Crippen molar-refractivity contribution in [1.29, 1.82) is 5.26 Å². The number of ether oxygens (including phenoxy) is 1. The molecular weight excluding hydrogens is 535 g/mol. The molecule has 1 N–H and O–H groups in total. The van der Waals surface area contributed by atoms with Crippen molar-refractivity contribution in [3.63, 3.8) is 0 Å². The Morgan fingerprint density at radius 1 is 1.24 bits per heavy atom. The lowest BCUT2D eigenvalue weighted by atomic mass is 9.99. The number of aromatic nitrogens is 2. The quantitative estimate of drug-likeness (QED) is 0.522. The van der Waals surface area contributed by atoms with Gasteiger partial charge >= 0.3 is 10.2 Å². The molecule has 2 aliphatic heterocycles. The Bertz CT molecular complexity index is 1360. The number of hydrogen-bond acceptors (Lipinski definition) is 7. The monoisotopic (exact) mass is 564 g/mol. The van der Waals surface area contributed by atoms with Crippen LogP contribution in [0.3, 0.4) is 0 Å². The zero-order chi connectivity index (χ0) is 26.9. The molecule has 1 atom stereocenters. The van der Waals surface area contributed by atoms with Crippen LogP contribution in [-0.4, -0.2) is 67.1 Å². The minimum absolute atomic E-state index is 0.00700. The molecule has 3 aliphatic rings. The van der Waals surface area contributed by atoms with Crippen LogP contribution in [0.25, 0.3) is 0 Å². The fourth-order valence-corrected chi connectivity index (χ4v) is 7.10. The van der Waals surface area contributed by atoms with Crippen LogP contribution in [0, 0.1) is 11.3 Å². The Morgan fingerprint density at radius 2 is 1.95 bits per heavy atom. The van der Waals surface area contributed by atoms with E-state index in [0.717, 1.165) is 12.8 Å². The summed E-state index contributed by atoms with van der Waals surface area (Å²) in [5.41, 5.74) is -0.758. The average Bonchev–Trinajstić information content (AvgIpc) is 3.75. The van der Waals surface area contributed by atoms with Crippen molar-refractivity contribution >= 4 is 33.2 Å². The second kappa shape index (κ2) is 10.8. The number of rotatable bonds is 8. The van der Waals surface area contributed by atoms with Crippen molar-refractivity contribution < 1.29 is 17.5 Å². The molecule has 1 aliphatic carbocycles. The van der Waals surface area contributed by atoms with Crippen LogP contribution in [0.2, 0.25) is 5.02 Å². The van der Waals surface area contributed by atoms with Crippen molar-refractivity contribution in [3.8, 4) is 6.07 Å². The first-order valence-electron chi connectivity index (χ1n) is 12.8. The summed E-state index contributed by atoms with van der Waals surface area (Å²) in [4.78, 5) is 13.0. The van der Waals surface area contributed by atoms with Crippen molar-refractivity contribution in [2.75, 3.05) is 42.5 Å². The summed E-state index contributed by atoms with van der Waals surface area (Å²) < 4.78 is 51.4. The number of alkyl halides is 1. The van der Waals surface area contributed by atoms with Gasteiger partial charge in [0.15, 0.2) is 5.67 Å². The summed E-state index contributed by atoms with van der Waals surface area (Å²) >= 11 is 6.33. The molecule has 3 fully saturated rings. The van der Waals surface area contributed by atoms with E-state index in [-0.39, 0.29) is 49.0 Å². The molecule has 0 bridgehead atoms. The lowest BCUT2D eigenvalue weighted by Crippen LogP contribution is -2.49. The maximum Gasteiger partial charge on any atom is 0.304 e. The molecule has 2 aromatic rings. The minimum Gasteiger partial charge on any atom is -0.379 e. The predicted molar refractivity (Wildman–Crippen MR) is 141 cm³/mol. The first-order chi connectivity index (χ1) is 18.2. The van der Waals surface area contributed by atoms with Crippen molar-refractivity contribution in [2.45, 2.75) is 56.3 Å². The van der Waals surface area contributed by atoms with Gasteiger partial charge in [0.1, 0.15) is 5.02 Å². The Balaban J connectivity index is 1.25.